The lowest BCUT2D eigenvalue weighted by Crippen LogP contribution is -2.27. The van der Waals surface area contributed by atoms with Crippen LogP contribution in [0.15, 0.2) is 0 Å². The minimum absolute atomic E-state index is 0.308. The van der Waals surface area contributed by atoms with Gasteiger partial charge in [0, 0.05) is 6.54 Å². The van der Waals surface area contributed by atoms with E-state index in [-0.39, 0.29) is 5.91 Å². The lowest BCUT2D eigenvalue weighted by atomic mass is 10.0. The Morgan fingerprint density at radius 3 is 2.45 bits per heavy atom. The molecule has 0 aromatic carbocycles. The minimum Gasteiger partial charge on any atom is -0.345 e. The Balaban J connectivity index is 3.52. The topological polar surface area (TPSA) is 29.1 Å². The molecule has 11 heavy (non-hydrogen) atoms. The highest BCUT2D eigenvalue weighted by molar-refractivity contribution is 5.92. The van der Waals surface area contributed by atoms with Gasteiger partial charge in [0.15, 0.2) is 0 Å². The Labute approximate surface area is 68.4 Å². The van der Waals surface area contributed by atoms with Gasteiger partial charge in [-0.3, -0.25) is 4.79 Å². The van der Waals surface area contributed by atoms with Gasteiger partial charge in [0.2, 0.25) is 0 Å². The summed E-state index contributed by atoms with van der Waals surface area (Å²) >= 11 is 0. The standard InChI is InChI=1S/C9H15NO/c1-4-8(5-2)7-10-9(11)6-3/h3,8H,4-5,7H2,1-2H3,(H,10,11). The quantitative estimate of drug-likeness (QED) is 0.603. The van der Waals surface area contributed by atoms with Gasteiger partial charge in [0.05, 0.1) is 0 Å². The summed E-state index contributed by atoms with van der Waals surface area (Å²) in [5.41, 5.74) is 0. The Morgan fingerprint density at radius 2 is 2.09 bits per heavy atom. The Hall–Kier alpha value is -0.970. The number of hydrogen-bond acceptors (Lipinski definition) is 1. The molecule has 0 radical (unpaired) electrons. The number of rotatable bonds is 4. The molecule has 0 aliphatic carbocycles. The molecule has 0 aromatic rings. The Bertz CT molecular complexity index is 153. The zero-order valence-electron chi connectivity index (χ0n) is 7.18. The van der Waals surface area contributed by atoms with Crippen LogP contribution in [-0.2, 0) is 4.79 Å². The maximum Gasteiger partial charge on any atom is 0.295 e. The van der Waals surface area contributed by atoms with Crippen LogP contribution >= 0.6 is 0 Å². The molecule has 0 fully saturated rings. The molecule has 1 N–H and O–H groups in total. The average Bonchev–Trinajstić information content (AvgIpc) is 2.06. The first-order valence-corrected chi connectivity index (χ1v) is 3.99. The molecule has 0 spiro atoms. The number of nitrogens with one attached hydrogen (secondary N) is 1. The fraction of sp³-hybridized carbons (Fsp3) is 0.667. The van der Waals surface area contributed by atoms with Crippen molar-refractivity contribution in [3.8, 4) is 12.3 Å². The maximum absolute atomic E-state index is 10.6. The minimum atomic E-state index is -0.308. The van der Waals surface area contributed by atoms with Crippen LogP contribution in [0.1, 0.15) is 26.7 Å². The summed E-state index contributed by atoms with van der Waals surface area (Å²) in [6.45, 7) is 4.92. The third kappa shape index (κ3) is 4.44. The monoisotopic (exact) mass is 153 g/mol. The second-order valence-electron chi connectivity index (χ2n) is 2.54. The summed E-state index contributed by atoms with van der Waals surface area (Å²) in [7, 11) is 0. The largest absolute Gasteiger partial charge is 0.345 e. The average molecular weight is 153 g/mol. The number of carbonyl (C=O) groups excluding carboxylic acids is 1. The van der Waals surface area contributed by atoms with E-state index >= 15 is 0 Å². The first kappa shape index (κ1) is 10.0. The SMILES string of the molecule is C#CC(=O)NCC(CC)CC. The molecule has 2 nitrogen and oxygen atoms in total. The van der Waals surface area contributed by atoms with Crippen LogP contribution in [0.3, 0.4) is 0 Å². The van der Waals surface area contributed by atoms with E-state index in [1.807, 2.05) is 5.92 Å². The Kier molecular flexibility index (Phi) is 5.28. The van der Waals surface area contributed by atoms with Crippen molar-refractivity contribution in [3.63, 3.8) is 0 Å². The summed E-state index contributed by atoms with van der Waals surface area (Å²) < 4.78 is 0. The number of terminal acetylenes is 1. The molecular weight excluding hydrogens is 138 g/mol. The molecule has 62 valence electrons. The summed E-state index contributed by atoms with van der Waals surface area (Å²) in [4.78, 5) is 10.6. The normalized spacial score (nSPS) is 9.27. The Morgan fingerprint density at radius 1 is 1.55 bits per heavy atom. The molecule has 0 aliphatic rings. The van der Waals surface area contributed by atoms with Gasteiger partial charge in [-0.1, -0.05) is 26.7 Å². The predicted octanol–water partition coefficient (Wildman–Crippen LogP) is 1.17. The second-order valence-corrected chi connectivity index (χ2v) is 2.54. The van der Waals surface area contributed by atoms with Crippen molar-refractivity contribution < 1.29 is 4.79 Å². The van der Waals surface area contributed by atoms with Crippen molar-refractivity contribution >= 4 is 5.91 Å². The molecule has 0 aliphatic heterocycles. The van der Waals surface area contributed by atoms with Crippen LogP contribution in [0.5, 0.6) is 0 Å². The van der Waals surface area contributed by atoms with Crippen molar-refractivity contribution in [2.75, 3.05) is 6.54 Å². The number of amides is 1. The zero-order chi connectivity index (χ0) is 8.69. The van der Waals surface area contributed by atoms with E-state index in [1.54, 1.807) is 0 Å². The van der Waals surface area contributed by atoms with Crippen LogP contribution < -0.4 is 5.32 Å². The highest BCUT2D eigenvalue weighted by Gasteiger charge is 2.03. The van der Waals surface area contributed by atoms with Crippen molar-refractivity contribution in [3.05, 3.63) is 0 Å². The van der Waals surface area contributed by atoms with Gasteiger partial charge in [0.25, 0.3) is 5.91 Å². The fourth-order valence-corrected chi connectivity index (χ4v) is 0.865. The highest BCUT2D eigenvalue weighted by atomic mass is 16.1. The first-order valence-electron chi connectivity index (χ1n) is 3.99. The smallest absolute Gasteiger partial charge is 0.295 e. The summed E-state index contributed by atoms with van der Waals surface area (Å²) in [5, 5.41) is 2.66. The molecule has 1 amide bonds. The summed E-state index contributed by atoms with van der Waals surface area (Å²) in [6.07, 6.45) is 7.05. The highest BCUT2D eigenvalue weighted by Crippen LogP contribution is 2.04. The molecule has 0 aromatic heterocycles. The lowest BCUT2D eigenvalue weighted by Gasteiger charge is -2.10. The van der Waals surface area contributed by atoms with E-state index in [1.165, 1.54) is 0 Å². The molecule has 0 rings (SSSR count). The van der Waals surface area contributed by atoms with Gasteiger partial charge in [-0.05, 0) is 11.8 Å². The predicted molar refractivity (Wildman–Crippen MR) is 45.9 cm³/mol. The van der Waals surface area contributed by atoms with E-state index in [0.717, 1.165) is 12.8 Å². The maximum atomic E-state index is 10.6. The van der Waals surface area contributed by atoms with E-state index in [4.69, 9.17) is 6.42 Å². The van der Waals surface area contributed by atoms with Crippen LogP contribution in [0.2, 0.25) is 0 Å². The molecule has 2 heteroatoms. The lowest BCUT2D eigenvalue weighted by molar-refractivity contribution is -0.115. The van der Waals surface area contributed by atoms with Crippen molar-refractivity contribution in [2.24, 2.45) is 5.92 Å². The summed E-state index contributed by atoms with van der Waals surface area (Å²) in [6, 6.07) is 0. The summed E-state index contributed by atoms with van der Waals surface area (Å²) in [5.74, 6) is 2.27. The van der Waals surface area contributed by atoms with E-state index in [0.29, 0.717) is 12.5 Å². The second kappa shape index (κ2) is 5.79. The molecule has 0 saturated heterocycles. The van der Waals surface area contributed by atoms with Crippen LogP contribution in [0.25, 0.3) is 0 Å². The third-order valence-corrected chi connectivity index (χ3v) is 1.84. The molecule has 0 saturated carbocycles. The molecule has 0 heterocycles. The van der Waals surface area contributed by atoms with Crippen molar-refractivity contribution in [1.29, 1.82) is 0 Å². The van der Waals surface area contributed by atoms with Crippen LogP contribution in [0, 0.1) is 18.3 Å². The van der Waals surface area contributed by atoms with E-state index in [2.05, 4.69) is 19.2 Å². The van der Waals surface area contributed by atoms with Crippen LogP contribution in [-0.4, -0.2) is 12.5 Å². The van der Waals surface area contributed by atoms with Gasteiger partial charge in [-0.25, -0.2) is 0 Å². The van der Waals surface area contributed by atoms with Crippen molar-refractivity contribution in [1.82, 2.24) is 5.32 Å². The number of carbonyl (C=O) groups is 1. The molecular formula is C9H15NO. The third-order valence-electron chi connectivity index (χ3n) is 1.84. The van der Waals surface area contributed by atoms with Gasteiger partial charge < -0.3 is 5.32 Å². The fourth-order valence-electron chi connectivity index (χ4n) is 0.865. The van der Waals surface area contributed by atoms with Gasteiger partial charge in [-0.2, -0.15) is 0 Å². The molecule has 0 bridgehead atoms. The zero-order valence-corrected chi connectivity index (χ0v) is 7.18. The van der Waals surface area contributed by atoms with Crippen molar-refractivity contribution in [2.45, 2.75) is 26.7 Å². The molecule has 0 unspecified atom stereocenters. The van der Waals surface area contributed by atoms with Gasteiger partial charge in [0.1, 0.15) is 0 Å². The van der Waals surface area contributed by atoms with E-state index in [9.17, 15) is 4.79 Å². The van der Waals surface area contributed by atoms with Crippen LogP contribution in [0.4, 0.5) is 0 Å². The van der Waals surface area contributed by atoms with Gasteiger partial charge in [-0.15, -0.1) is 6.42 Å². The van der Waals surface area contributed by atoms with Gasteiger partial charge >= 0.3 is 0 Å². The number of hydrogen-bond donors (Lipinski definition) is 1. The van der Waals surface area contributed by atoms with E-state index < -0.39 is 0 Å². The molecule has 0 atom stereocenters. The first-order chi connectivity index (χ1) is 5.24.